The number of nitrogens with one attached hydrogen (secondary N) is 1. The molecule has 20 heavy (non-hydrogen) atoms. The summed E-state index contributed by atoms with van der Waals surface area (Å²) in [6.45, 7) is 6.80. The lowest BCUT2D eigenvalue weighted by atomic mass is 10.1. The zero-order chi connectivity index (χ0) is 14.2. The van der Waals surface area contributed by atoms with Gasteiger partial charge in [0.05, 0.1) is 19.4 Å². The van der Waals surface area contributed by atoms with Gasteiger partial charge in [0.1, 0.15) is 11.5 Å². The molecule has 1 aromatic heterocycles. The monoisotopic (exact) mass is 273 g/mol. The lowest BCUT2D eigenvalue weighted by Crippen LogP contribution is -2.13. The molecule has 0 aliphatic rings. The minimum Gasteiger partial charge on any atom is -0.494 e. The zero-order valence-corrected chi connectivity index (χ0v) is 12.3. The van der Waals surface area contributed by atoms with Gasteiger partial charge in [-0.05, 0) is 43.1 Å². The van der Waals surface area contributed by atoms with Crippen molar-refractivity contribution in [3.05, 3.63) is 42.4 Å². The third kappa shape index (κ3) is 3.87. The predicted octanol–water partition coefficient (Wildman–Crippen LogP) is 4.24. The molecule has 1 N–H and O–H groups in total. The van der Waals surface area contributed by atoms with Crippen LogP contribution in [0.4, 0.5) is 0 Å². The van der Waals surface area contributed by atoms with Crippen LogP contribution in [0, 0.1) is 0 Å². The summed E-state index contributed by atoms with van der Waals surface area (Å²) in [5.41, 5.74) is 2.31. The zero-order valence-electron chi connectivity index (χ0n) is 12.3. The van der Waals surface area contributed by atoms with Gasteiger partial charge in [-0.2, -0.15) is 0 Å². The van der Waals surface area contributed by atoms with Gasteiger partial charge in [0.25, 0.3) is 0 Å². The van der Waals surface area contributed by atoms with Crippen LogP contribution in [0.3, 0.4) is 0 Å². The maximum atomic E-state index is 5.60. The van der Waals surface area contributed by atoms with Crippen LogP contribution >= 0.6 is 0 Å². The third-order valence-electron chi connectivity index (χ3n) is 3.10. The molecule has 1 heterocycles. The fourth-order valence-electron chi connectivity index (χ4n) is 2.06. The van der Waals surface area contributed by atoms with E-state index in [4.69, 9.17) is 9.15 Å². The van der Waals surface area contributed by atoms with Crippen molar-refractivity contribution in [2.45, 2.75) is 33.2 Å². The van der Waals surface area contributed by atoms with Crippen molar-refractivity contribution >= 4 is 0 Å². The molecule has 0 aliphatic heterocycles. The number of hydrogen-bond donors (Lipinski definition) is 1. The fourth-order valence-corrected chi connectivity index (χ4v) is 2.06. The molecule has 0 radical (unpaired) electrons. The van der Waals surface area contributed by atoms with E-state index in [0.29, 0.717) is 0 Å². The van der Waals surface area contributed by atoms with Gasteiger partial charge in [-0.25, -0.2) is 0 Å². The Kier molecular flexibility index (Phi) is 5.69. The van der Waals surface area contributed by atoms with E-state index in [1.165, 1.54) is 0 Å². The SMILES string of the molecule is CCCNCc1occc1-c1ccc(OCCC)cc1. The first-order chi connectivity index (χ1) is 9.85. The number of furan rings is 1. The van der Waals surface area contributed by atoms with Crippen LogP contribution in [-0.4, -0.2) is 13.2 Å². The van der Waals surface area contributed by atoms with Gasteiger partial charge in [0.15, 0.2) is 0 Å². The first kappa shape index (κ1) is 14.7. The summed E-state index contributed by atoms with van der Waals surface area (Å²) in [4.78, 5) is 0. The second-order valence-corrected chi connectivity index (χ2v) is 4.81. The number of ether oxygens (including phenoxy) is 1. The van der Waals surface area contributed by atoms with Crippen LogP contribution < -0.4 is 10.1 Å². The quantitative estimate of drug-likeness (QED) is 0.731. The summed E-state index contributed by atoms with van der Waals surface area (Å²) >= 11 is 0. The van der Waals surface area contributed by atoms with Gasteiger partial charge in [0, 0.05) is 5.56 Å². The maximum Gasteiger partial charge on any atom is 0.125 e. The molecule has 0 bridgehead atoms. The van der Waals surface area contributed by atoms with Gasteiger partial charge in [-0.1, -0.05) is 26.0 Å². The van der Waals surface area contributed by atoms with Crippen molar-refractivity contribution in [1.29, 1.82) is 0 Å². The summed E-state index contributed by atoms with van der Waals surface area (Å²) in [5, 5.41) is 3.37. The lowest BCUT2D eigenvalue weighted by molar-refractivity contribution is 0.317. The molecule has 3 heteroatoms. The number of rotatable bonds is 8. The summed E-state index contributed by atoms with van der Waals surface area (Å²) in [7, 11) is 0. The molecule has 2 aromatic rings. The van der Waals surface area contributed by atoms with E-state index in [0.717, 1.165) is 55.2 Å². The predicted molar refractivity (Wildman–Crippen MR) is 81.9 cm³/mol. The molecule has 3 nitrogen and oxygen atoms in total. The highest BCUT2D eigenvalue weighted by molar-refractivity contribution is 5.66. The van der Waals surface area contributed by atoms with Crippen LogP contribution in [0.15, 0.2) is 41.0 Å². The van der Waals surface area contributed by atoms with E-state index in [9.17, 15) is 0 Å². The molecule has 108 valence electrons. The van der Waals surface area contributed by atoms with Crippen molar-refractivity contribution < 1.29 is 9.15 Å². The second-order valence-electron chi connectivity index (χ2n) is 4.81. The molecule has 2 rings (SSSR count). The second kappa shape index (κ2) is 7.75. The van der Waals surface area contributed by atoms with Gasteiger partial charge >= 0.3 is 0 Å². The molecule has 0 saturated heterocycles. The minimum absolute atomic E-state index is 0.761. The Labute approximate surface area is 121 Å². The Balaban J connectivity index is 2.05. The molecular formula is C17H23NO2. The maximum absolute atomic E-state index is 5.60. The minimum atomic E-state index is 0.761. The summed E-state index contributed by atoms with van der Waals surface area (Å²) < 4.78 is 11.2. The molecule has 0 unspecified atom stereocenters. The molecule has 0 aliphatic carbocycles. The summed E-state index contributed by atoms with van der Waals surface area (Å²) in [6.07, 6.45) is 3.90. The first-order valence-electron chi connectivity index (χ1n) is 7.35. The smallest absolute Gasteiger partial charge is 0.125 e. The van der Waals surface area contributed by atoms with Gasteiger partial charge in [0.2, 0.25) is 0 Å². The summed E-state index contributed by atoms with van der Waals surface area (Å²) in [6, 6.07) is 10.2. The fraction of sp³-hybridized carbons (Fsp3) is 0.412. The van der Waals surface area contributed by atoms with E-state index in [2.05, 4.69) is 31.3 Å². The highest BCUT2D eigenvalue weighted by atomic mass is 16.5. The van der Waals surface area contributed by atoms with Crippen molar-refractivity contribution in [3.63, 3.8) is 0 Å². The van der Waals surface area contributed by atoms with Crippen LogP contribution in [0.25, 0.3) is 11.1 Å². The average Bonchev–Trinajstić information content (AvgIpc) is 2.94. The van der Waals surface area contributed by atoms with Crippen molar-refractivity contribution in [2.24, 2.45) is 0 Å². The van der Waals surface area contributed by atoms with Crippen LogP contribution in [0.5, 0.6) is 5.75 Å². The van der Waals surface area contributed by atoms with Crippen molar-refractivity contribution in [3.8, 4) is 16.9 Å². The van der Waals surface area contributed by atoms with Crippen molar-refractivity contribution in [2.75, 3.05) is 13.2 Å². The largest absolute Gasteiger partial charge is 0.494 e. The van der Waals surface area contributed by atoms with E-state index in [-0.39, 0.29) is 0 Å². The van der Waals surface area contributed by atoms with Crippen LogP contribution in [0.2, 0.25) is 0 Å². The Morgan fingerprint density at radius 2 is 1.85 bits per heavy atom. The van der Waals surface area contributed by atoms with Crippen LogP contribution in [-0.2, 0) is 6.54 Å². The molecule has 0 spiro atoms. The Hall–Kier alpha value is -1.74. The van der Waals surface area contributed by atoms with E-state index >= 15 is 0 Å². The van der Waals surface area contributed by atoms with E-state index < -0.39 is 0 Å². The standard InChI is InChI=1S/C17H23NO2/c1-3-10-18-13-17-16(9-12-20-17)14-5-7-15(8-6-14)19-11-4-2/h5-9,12,18H,3-4,10-11,13H2,1-2H3. The first-order valence-corrected chi connectivity index (χ1v) is 7.35. The highest BCUT2D eigenvalue weighted by Gasteiger charge is 2.08. The normalized spacial score (nSPS) is 10.7. The average molecular weight is 273 g/mol. The van der Waals surface area contributed by atoms with Gasteiger partial charge in [-0.15, -0.1) is 0 Å². The number of benzene rings is 1. The van der Waals surface area contributed by atoms with E-state index in [1.807, 2.05) is 18.2 Å². The Morgan fingerprint density at radius 1 is 1.05 bits per heavy atom. The molecule has 0 saturated carbocycles. The molecule has 0 amide bonds. The lowest BCUT2D eigenvalue weighted by Gasteiger charge is -2.07. The van der Waals surface area contributed by atoms with Crippen molar-refractivity contribution in [1.82, 2.24) is 5.32 Å². The molecular weight excluding hydrogens is 250 g/mol. The number of hydrogen-bond acceptors (Lipinski definition) is 3. The van der Waals surface area contributed by atoms with Gasteiger partial charge in [-0.3, -0.25) is 0 Å². The summed E-state index contributed by atoms with van der Waals surface area (Å²) in [5.74, 6) is 1.91. The van der Waals surface area contributed by atoms with Crippen LogP contribution in [0.1, 0.15) is 32.4 Å². The molecule has 0 atom stereocenters. The Morgan fingerprint density at radius 3 is 2.55 bits per heavy atom. The Bertz CT molecular complexity index is 502. The highest BCUT2D eigenvalue weighted by Crippen LogP contribution is 2.26. The molecule has 1 aromatic carbocycles. The van der Waals surface area contributed by atoms with E-state index in [1.54, 1.807) is 6.26 Å². The van der Waals surface area contributed by atoms with Gasteiger partial charge < -0.3 is 14.5 Å². The third-order valence-corrected chi connectivity index (χ3v) is 3.10. The molecule has 0 fully saturated rings. The topological polar surface area (TPSA) is 34.4 Å².